The Labute approximate surface area is 228 Å². The molecule has 0 bridgehead atoms. The molecule has 1 fully saturated rings. The van der Waals surface area contributed by atoms with Crippen LogP contribution in [-0.4, -0.2) is 71.1 Å². The fourth-order valence-electron chi connectivity index (χ4n) is 4.68. The van der Waals surface area contributed by atoms with Gasteiger partial charge >= 0.3 is 0 Å². The summed E-state index contributed by atoms with van der Waals surface area (Å²) < 4.78 is 0. The third-order valence-electron chi connectivity index (χ3n) is 6.89. The molecule has 2 aromatic carbocycles. The van der Waals surface area contributed by atoms with Crippen LogP contribution in [0.4, 0.5) is 28.8 Å². The summed E-state index contributed by atoms with van der Waals surface area (Å²) in [7, 11) is 4.08. The first-order valence-electron chi connectivity index (χ1n) is 12.6. The molecule has 5 rings (SSSR count). The number of hydrogen-bond acceptors (Lipinski definition) is 7. The number of likely N-dealkylation sites (N-methyl/N-ethyl adjacent to an activating group) is 1. The summed E-state index contributed by atoms with van der Waals surface area (Å²) >= 11 is 5.80. The van der Waals surface area contributed by atoms with E-state index in [-0.39, 0.29) is 5.91 Å². The highest BCUT2D eigenvalue weighted by Gasteiger charge is 2.27. The summed E-state index contributed by atoms with van der Waals surface area (Å²) in [5.74, 6) is 1.06. The lowest BCUT2D eigenvalue weighted by Crippen LogP contribution is -2.45. The summed E-state index contributed by atoms with van der Waals surface area (Å²) in [4.78, 5) is 30.0. The molecule has 0 unspecified atom stereocenters. The van der Waals surface area contributed by atoms with Crippen LogP contribution < -0.4 is 20.4 Å². The maximum Gasteiger partial charge on any atom is 0.247 e. The molecular weight excluding hydrogens is 496 g/mol. The zero-order valence-electron chi connectivity index (χ0n) is 21.7. The van der Waals surface area contributed by atoms with Crippen LogP contribution in [0.3, 0.4) is 0 Å². The fourth-order valence-corrected chi connectivity index (χ4v) is 4.89. The number of thiocarbonyl (C=S) groups is 1. The van der Waals surface area contributed by atoms with Gasteiger partial charge in [-0.2, -0.15) is 4.98 Å². The highest BCUT2D eigenvalue weighted by atomic mass is 32.1. The Morgan fingerprint density at radius 2 is 1.82 bits per heavy atom. The molecule has 1 amide bonds. The smallest absolute Gasteiger partial charge is 0.247 e. The molecule has 0 atom stereocenters. The average Bonchev–Trinajstić information content (AvgIpc) is 2.94. The first kappa shape index (κ1) is 25.6. The van der Waals surface area contributed by atoms with Crippen LogP contribution in [0.15, 0.2) is 67.4 Å². The molecule has 3 aromatic rings. The SMILES string of the molecule is C=CC(=O)Nc1ccccc1CN1Cc2cnc(Nc3ccc(N4CCN(C)CC4)cc3)nc2N(C)C1=S. The molecule has 38 heavy (non-hydrogen) atoms. The molecule has 3 heterocycles. The largest absolute Gasteiger partial charge is 0.369 e. The third-order valence-corrected chi connectivity index (χ3v) is 7.42. The molecule has 0 saturated carbocycles. The molecule has 1 aromatic heterocycles. The van der Waals surface area contributed by atoms with Crippen molar-refractivity contribution < 1.29 is 4.79 Å². The summed E-state index contributed by atoms with van der Waals surface area (Å²) in [5.41, 5.74) is 4.84. The van der Waals surface area contributed by atoms with Crippen molar-refractivity contribution in [1.29, 1.82) is 0 Å². The normalized spacial score (nSPS) is 15.7. The molecule has 2 N–H and O–H groups in total. The van der Waals surface area contributed by atoms with Gasteiger partial charge < -0.3 is 30.2 Å². The first-order valence-corrected chi connectivity index (χ1v) is 13.0. The van der Waals surface area contributed by atoms with Crippen molar-refractivity contribution >= 4 is 52.1 Å². The molecular formula is C28H32N8OS. The average molecular weight is 529 g/mol. The van der Waals surface area contributed by atoms with E-state index in [1.54, 1.807) is 0 Å². The van der Waals surface area contributed by atoms with Gasteiger partial charge in [-0.05, 0) is 61.2 Å². The number of amides is 1. The maximum atomic E-state index is 11.9. The number of anilines is 5. The van der Waals surface area contributed by atoms with Crippen molar-refractivity contribution in [2.45, 2.75) is 13.1 Å². The van der Waals surface area contributed by atoms with E-state index >= 15 is 0 Å². The summed E-state index contributed by atoms with van der Waals surface area (Å²) in [6.45, 7) is 8.87. The topological polar surface area (TPSA) is 79.9 Å². The zero-order valence-corrected chi connectivity index (χ0v) is 22.5. The number of carbonyl (C=O) groups excluding carboxylic acids is 1. The molecule has 2 aliphatic heterocycles. The Balaban J connectivity index is 1.28. The molecule has 0 spiro atoms. The Bertz CT molecular complexity index is 1340. The van der Waals surface area contributed by atoms with Gasteiger partial charge in [0, 0.05) is 68.6 Å². The van der Waals surface area contributed by atoms with Gasteiger partial charge in [-0.3, -0.25) is 4.79 Å². The van der Waals surface area contributed by atoms with Crippen LogP contribution in [0.2, 0.25) is 0 Å². The number of nitrogens with one attached hydrogen (secondary N) is 2. The van der Waals surface area contributed by atoms with Gasteiger partial charge in [0.1, 0.15) is 5.82 Å². The minimum atomic E-state index is -0.247. The van der Waals surface area contributed by atoms with Crippen LogP contribution in [0, 0.1) is 0 Å². The van der Waals surface area contributed by atoms with Gasteiger partial charge in [0.25, 0.3) is 0 Å². The number of piperazine rings is 1. The van der Waals surface area contributed by atoms with Crippen molar-refractivity contribution in [3.05, 3.63) is 78.5 Å². The highest BCUT2D eigenvalue weighted by molar-refractivity contribution is 7.80. The Hall–Kier alpha value is -4.02. The van der Waals surface area contributed by atoms with E-state index in [1.807, 2.05) is 42.4 Å². The molecule has 2 aliphatic rings. The minimum Gasteiger partial charge on any atom is -0.369 e. The molecule has 0 radical (unpaired) electrons. The van der Waals surface area contributed by atoms with Gasteiger partial charge in [0.2, 0.25) is 11.9 Å². The number of fused-ring (bicyclic) bond motifs is 1. The van der Waals surface area contributed by atoms with Gasteiger partial charge in [-0.1, -0.05) is 24.8 Å². The number of rotatable bonds is 7. The van der Waals surface area contributed by atoms with Crippen molar-refractivity contribution in [3.8, 4) is 0 Å². The molecule has 0 aliphatic carbocycles. The van der Waals surface area contributed by atoms with Gasteiger partial charge in [0.05, 0.1) is 6.54 Å². The van der Waals surface area contributed by atoms with E-state index in [4.69, 9.17) is 17.2 Å². The number of nitrogens with zero attached hydrogens (tertiary/aromatic N) is 6. The second-order valence-corrected chi connectivity index (χ2v) is 9.92. The lowest BCUT2D eigenvalue weighted by molar-refractivity contribution is -0.111. The molecule has 196 valence electrons. The van der Waals surface area contributed by atoms with Crippen molar-refractivity contribution in [1.82, 2.24) is 19.8 Å². The van der Waals surface area contributed by atoms with E-state index < -0.39 is 0 Å². The Kier molecular flexibility index (Phi) is 7.52. The van der Waals surface area contributed by atoms with E-state index in [0.717, 1.165) is 54.5 Å². The van der Waals surface area contributed by atoms with Crippen molar-refractivity contribution in [3.63, 3.8) is 0 Å². The first-order chi connectivity index (χ1) is 18.4. The van der Waals surface area contributed by atoms with E-state index in [9.17, 15) is 4.79 Å². The second-order valence-electron chi connectivity index (χ2n) is 9.55. The highest BCUT2D eigenvalue weighted by Crippen LogP contribution is 2.29. The van der Waals surface area contributed by atoms with Crippen LogP contribution in [0.5, 0.6) is 0 Å². The van der Waals surface area contributed by atoms with E-state index in [0.29, 0.717) is 24.2 Å². The van der Waals surface area contributed by atoms with Gasteiger partial charge in [-0.25, -0.2) is 4.98 Å². The summed E-state index contributed by atoms with van der Waals surface area (Å²) in [6.07, 6.45) is 3.11. The van der Waals surface area contributed by atoms with E-state index in [2.05, 4.69) is 68.2 Å². The molecule has 1 saturated heterocycles. The van der Waals surface area contributed by atoms with Gasteiger partial charge in [-0.15, -0.1) is 0 Å². The van der Waals surface area contributed by atoms with Crippen LogP contribution in [0.25, 0.3) is 0 Å². The number of benzene rings is 2. The molecule has 10 heteroatoms. The Morgan fingerprint density at radius 3 is 2.55 bits per heavy atom. The van der Waals surface area contributed by atoms with Crippen molar-refractivity contribution in [2.75, 3.05) is 60.7 Å². The number of aromatic nitrogens is 2. The fraction of sp³-hybridized carbons (Fsp3) is 0.286. The summed E-state index contributed by atoms with van der Waals surface area (Å²) in [6, 6.07) is 16.1. The Morgan fingerprint density at radius 1 is 1.08 bits per heavy atom. The van der Waals surface area contributed by atoms with Crippen LogP contribution in [0.1, 0.15) is 11.1 Å². The predicted molar refractivity (Wildman–Crippen MR) is 157 cm³/mol. The number of para-hydroxylation sites is 1. The standard InChI is InChI=1S/C28H32N8OS/c1-4-25(37)31-24-8-6-5-7-20(24)18-36-19-21-17-29-27(32-26(21)34(3)28(36)38)30-22-9-11-23(12-10-22)35-15-13-33(2)14-16-35/h4-12,17H,1,13-16,18-19H2,2-3H3,(H,31,37)(H,29,30,32). The van der Waals surface area contributed by atoms with Crippen LogP contribution in [-0.2, 0) is 17.9 Å². The second kappa shape index (κ2) is 11.2. The minimum absolute atomic E-state index is 0.247. The quantitative estimate of drug-likeness (QED) is 0.351. The van der Waals surface area contributed by atoms with Gasteiger partial charge in [0.15, 0.2) is 5.11 Å². The lowest BCUT2D eigenvalue weighted by Gasteiger charge is -2.37. The maximum absolute atomic E-state index is 11.9. The van der Waals surface area contributed by atoms with Crippen molar-refractivity contribution in [2.24, 2.45) is 0 Å². The monoisotopic (exact) mass is 528 g/mol. The number of hydrogen-bond donors (Lipinski definition) is 2. The lowest BCUT2D eigenvalue weighted by atomic mass is 10.1. The molecule has 9 nitrogen and oxygen atoms in total. The number of carbonyl (C=O) groups is 1. The summed E-state index contributed by atoms with van der Waals surface area (Å²) in [5, 5.41) is 6.86. The zero-order chi connectivity index (χ0) is 26.6. The predicted octanol–water partition coefficient (Wildman–Crippen LogP) is 3.83. The van der Waals surface area contributed by atoms with Crippen LogP contribution >= 0.6 is 12.2 Å². The van der Waals surface area contributed by atoms with E-state index in [1.165, 1.54) is 11.8 Å². The third kappa shape index (κ3) is 5.61.